The van der Waals surface area contributed by atoms with Crippen LogP contribution >= 0.6 is 11.6 Å². The number of nitrogens with two attached hydrogens (primary N) is 1. The number of hydrogen-bond acceptors (Lipinski definition) is 8. The number of alkyl carbamates (subject to hydrolysis) is 1. The highest BCUT2D eigenvalue weighted by Crippen LogP contribution is 2.49. The van der Waals surface area contributed by atoms with E-state index in [1.54, 1.807) is 30.6 Å². The number of alkyl halides is 5. The van der Waals surface area contributed by atoms with E-state index in [1.165, 1.54) is 30.3 Å². The highest BCUT2D eigenvalue weighted by Gasteiger charge is 2.64. The predicted octanol–water partition coefficient (Wildman–Crippen LogP) is 7.21. The molecular weight excluding hydrogens is 713 g/mol. The second kappa shape index (κ2) is 15.2. The third-order valence-corrected chi connectivity index (χ3v) is 8.58. The van der Waals surface area contributed by atoms with Gasteiger partial charge in [-0.05, 0) is 60.6 Å². The Hall–Kier alpha value is -5.19. The van der Waals surface area contributed by atoms with Crippen LogP contribution in [0.15, 0.2) is 72.2 Å². The number of aromatic nitrogens is 5. The van der Waals surface area contributed by atoms with Gasteiger partial charge in [-0.3, -0.25) is 14.7 Å². The molecule has 2 aromatic carbocycles. The van der Waals surface area contributed by atoms with E-state index in [1.807, 2.05) is 26.1 Å². The highest BCUT2D eigenvalue weighted by molar-refractivity contribution is 6.33. The van der Waals surface area contributed by atoms with Crippen molar-refractivity contribution in [3.63, 3.8) is 0 Å². The number of carbonyl (C=O) groups excluding carboxylic acids is 2. The number of guanidine groups is 1. The van der Waals surface area contributed by atoms with Crippen molar-refractivity contribution in [3.05, 3.63) is 83.4 Å². The van der Waals surface area contributed by atoms with Crippen LogP contribution in [0.4, 0.5) is 26.7 Å². The number of halogens is 6. The molecule has 0 aliphatic heterocycles. The molecule has 1 aliphatic rings. The van der Waals surface area contributed by atoms with E-state index in [0.717, 1.165) is 11.2 Å². The Bertz CT molecular complexity index is 1910. The number of carbonyl (C=O) groups is 2. The topological polar surface area (TPSA) is 154 Å². The van der Waals surface area contributed by atoms with Gasteiger partial charge in [-0.15, -0.1) is 0 Å². The van der Waals surface area contributed by atoms with Gasteiger partial charge in [0.25, 0.3) is 5.91 Å². The van der Waals surface area contributed by atoms with Crippen molar-refractivity contribution in [1.29, 1.82) is 0 Å². The zero-order chi connectivity index (χ0) is 37.8. The quantitative estimate of drug-likeness (QED) is 0.0928. The van der Waals surface area contributed by atoms with Crippen LogP contribution in [0.1, 0.15) is 68.5 Å². The van der Waals surface area contributed by atoms with E-state index in [2.05, 4.69) is 25.0 Å². The summed E-state index contributed by atoms with van der Waals surface area (Å²) in [4.78, 5) is 45.1. The monoisotopic (exact) mass is 747 g/mol. The molecule has 2 amide bonds. The van der Waals surface area contributed by atoms with Crippen LogP contribution in [0.5, 0.6) is 0 Å². The minimum atomic E-state index is -4.72. The molecule has 5 rings (SSSR count). The van der Waals surface area contributed by atoms with Gasteiger partial charge in [0.15, 0.2) is 17.6 Å². The van der Waals surface area contributed by atoms with Crippen LogP contribution in [0.3, 0.4) is 0 Å². The van der Waals surface area contributed by atoms with Crippen LogP contribution in [-0.4, -0.2) is 72.5 Å². The zero-order valence-electron chi connectivity index (χ0n) is 28.2. The summed E-state index contributed by atoms with van der Waals surface area (Å²) in [5, 5.41) is 5.43. The number of rotatable bonds is 11. The Labute approximate surface area is 300 Å². The van der Waals surface area contributed by atoms with Gasteiger partial charge in [0, 0.05) is 35.6 Å². The standard InChI is InChI=1S/C34H35ClF5N9O3/c1-32(2,3)13-16-44-30(41)48(28(50)21-7-5-20(6-8-21)26-42-14-4-15-43-26)25(18-52-31(51)47-33(11-12-33)34(38,39)40)22-9-10-24(35)23(17-22)27-45-19-46-49(27)29(36)37/h4-10,14-15,17,19,25,29H,11-13,16,18H2,1-3H3,(H2,41,44)(H,47,51)/t25-/m1/s1. The molecule has 0 saturated heterocycles. The van der Waals surface area contributed by atoms with Crippen LogP contribution in [0.25, 0.3) is 22.8 Å². The molecule has 0 unspecified atom stereocenters. The maximum Gasteiger partial charge on any atom is 0.411 e. The van der Waals surface area contributed by atoms with E-state index in [4.69, 9.17) is 22.1 Å². The first-order valence-electron chi connectivity index (χ1n) is 16.0. The number of benzene rings is 2. The maximum absolute atomic E-state index is 14.4. The lowest BCUT2D eigenvalue weighted by Crippen LogP contribution is -2.49. The molecular formula is C34H35ClF5N9O3. The first kappa shape index (κ1) is 38.1. The maximum atomic E-state index is 14.4. The fraction of sp³-hybridized carbons (Fsp3) is 0.382. The third-order valence-electron chi connectivity index (χ3n) is 8.25. The van der Waals surface area contributed by atoms with Crippen LogP contribution < -0.4 is 11.1 Å². The van der Waals surface area contributed by atoms with Crippen LogP contribution in [0, 0.1) is 5.41 Å². The average molecular weight is 748 g/mol. The minimum absolute atomic E-state index is 0.0136. The number of nitrogens with zero attached hydrogens (tertiary/aromatic N) is 7. The largest absolute Gasteiger partial charge is 0.447 e. The Morgan fingerprint density at radius 2 is 1.75 bits per heavy atom. The Kier molecular flexibility index (Phi) is 11.1. The van der Waals surface area contributed by atoms with Gasteiger partial charge in [-0.2, -0.15) is 31.7 Å². The molecule has 2 heterocycles. The minimum Gasteiger partial charge on any atom is -0.447 e. The zero-order valence-corrected chi connectivity index (χ0v) is 29.0. The smallest absolute Gasteiger partial charge is 0.411 e. The summed E-state index contributed by atoms with van der Waals surface area (Å²) in [6.45, 7) is 2.30. The number of ether oxygens (including phenoxy) is 1. The molecule has 0 bridgehead atoms. The Morgan fingerprint density at radius 1 is 1.08 bits per heavy atom. The van der Waals surface area contributed by atoms with Gasteiger partial charge >= 0.3 is 18.8 Å². The van der Waals surface area contributed by atoms with Gasteiger partial charge < -0.3 is 15.8 Å². The van der Waals surface area contributed by atoms with Gasteiger partial charge in [-0.1, -0.05) is 50.6 Å². The summed E-state index contributed by atoms with van der Waals surface area (Å²) in [5.74, 6) is -0.951. The molecule has 1 fully saturated rings. The van der Waals surface area contributed by atoms with Crippen molar-refractivity contribution in [1.82, 2.24) is 34.9 Å². The Balaban J connectivity index is 1.58. The van der Waals surface area contributed by atoms with Crippen LogP contribution in [0.2, 0.25) is 5.02 Å². The number of nitrogens with one attached hydrogen (secondary N) is 1. The summed E-state index contributed by atoms with van der Waals surface area (Å²) >= 11 is 6.43. The van der Waals surface area contributed by atoms with Crippen LogP contribution in [-0.2, 0) is 4.74 Å². The molecule has 1 aliphatic carbocycles. The second-order valence-corrected chi connectivity index (χ2v) is 13.6. The van der Waals surface area contributed by atoms with Crippen molar-refractivity contribution < 1.29 is 36.3 Å². The van der Waals surface area contributed by atoms with E-state index in [9.17, 15) is 31.5 Å². The second-order valence-electron chi connectivity index (χ2n) is 13.2. The van der Waals surface area contributed by atoms with E-state index in [0.29, 0.717) is 22.5 Å². The van der Waals surface area contributed by atoms with Gasteiger partial charge in [-0.25, -0.2) is 19.7 Å². The molecule has 12 nitrogen and oxygen atoms in total. The molecule has 18 heteroatoms. The molecule has 0 radical (unpaired) electrons. The molecule has 4 aromatic rings. The predicted molar refractivity (Wildman–Crippen MR) is 181 cm³/mol. The number of hydrogen-bond donors (Lipinski definition) is 2. The first-order chi connectivity index (χ1) is 24.5. The molecule has 3 N–H and O–H groups in total. The summed E-state index contributed by atoms with van der Waals surface area (Å²) in [7, 11) is 0. The summed E-state index contributed by atoms with van der Waals surface area (Å²) in [5.41, 5.74) is 4.74. The van der Waals surface area contributed by atoms with E-state index >= 15 is 0 Å². The molecule has 1 saturated carbocycles. The van der Waals surface area contributed by atoms with Gasteiger partial charge in [0.2, 0.25) is 0 Å². The average Bonchev–Trinajstić information content (AvgIpc) is 3.72. The third kappa shape index (κ3) is 8.81. The van der Waals surface area contributed by atoms with Crippen molar-refractivity contribution in [3.8, 4) is 22.8 Å². The number of aliphatic imine (C=N–C) groups is 1. The van der Waals surface area contributed by atoms with Crippen molar-refractivity contribution in [2.45, 2.75) is 64.3 Å². The summed E-state index contributed by atoms with van der Waals surface area (Å²) in [6.07, 6.45) is -2.20. The van der Waals surface area contributed by atoms with Crippen molar-refractivity contribution in [2.75, 3.05) is 13.2 Å². The van der Waals surface area contributed by atoms with Crippen molar-refractivity contribution in [2.24, 2.45) is 16.1 Å². The summed E-state index contributed by atoms with van der Waals surface area (Å²) in [6, 6.07) is 10.6. The first-order valence-corrected chi connectivity index (χ1v) is 16.4. The fourth-order valence-corrected chi connectivity index (χ4v) is 5.36. The lowest BCUT2D eigenvalue weighted by atomic mass is 9.92. The van der Waals surface area contributed by atoms with E-state index < -0.39 is 42.9 Å². The van der Waals surface area contributed by atoms with Gasteiger partial charge in [0.1, 0.15) is 18.5 Å². The molecule has 2 aromatic heterocycles. The molecule has 52 heavy (non-hydrogen) atoms. The SMILES string of the molecule is CC(C)(C)CCN=C(N)N(C(=O)c1ccc(-c2ncccn2)cc1)[C@H](COC(=O)NC1(C(F)(F)F)CC1)c1ccc(Cl)c(-c2ncnn2C(F)F)c1. The molecule has 1 atom stereocenters. The Morgan fingerprint density at radius 3 is 2.35 bits per heavy atom. The molecule has 0 spiro atoms. The summed E-state index contributed by atoms with van der Waals surface area (Å²) < 4.78 is 74.3. The lowest BCUT2D eigenvalue weighted by molar-refractivity contribution is -0.164. The fourth-order valence-electron chi connectivity index (χ4n) is 5.15. The number of amides is 2. The normalized spacial score (nSPS) is 14.9. The highest BCUT2D eigenvalue weighted by atomic mass is 35.5. The lowest BCUT2D eigenvalue weighted by Gasteiger charge is -2.32. The molecule has 276 valence electrons. The van der Waals surface area contributed by atoms with Gasteiger partial charge in [0.05, 0.1) is 11.1 Å². The van der Waals surface area contributed by atoms with E-state index in [-0.39, 0.29) is 58.3 Å². The van der Waals surface area contributed by atoms with Crippen molar-refractivity contribution >= 4 is 29.6 Å².